The molecule has 1 aromatic carbocycles. The van der Waals surface area contributed by atoms with Gasteiger partial charge in [0.2, 0.25) is 5.91 Å². The first-order valence-electron chi connectivity index (χ1n) is 6.98. The zero-order chi connectivity index (χ0) is 13.7. The molecule has 2 rings (SSSR count). The van der Waals surface area contributed by atoms with Gasteiger partial charge in [-0.1, -0.05) is 12.8 Å². The van der Waals surface area contributed by atoms with Crippen molar-refractivity contribution in [2.24, 2.45) is 0 Å². The van der Waals surface area contributed by atoms with E-state index in [1.54, 1.807) is 0 Å². The van der Waals surface area contributed by atoms with Crippen LogP contribution in [0.4, 0.5) is 5.69 Å². The quantitative estimate of drug-likeness (QED) is 0.824. The van der Waals surface area contributed by atoms with Crippen molar-refractivity contribution in [3.63, 3.8) is 0 Å². The van der Waals surface area contributed by atoms with Gasteiger partial charge in [0, 0.05) is 22.3 Å². The molecule has 1 aliphatic rings. The summed E-state index contributed by atoms with van der Waals surface area (Å²) >= 11 is 2.28. The average molecular weight is 372 g/mol. The number of carbonyl (C=O) groups is 1. The Morgan fingerprint density at radius 1 is 1.16 bits per heavy atom. The number of benzene rings is 1. The van der Waals surface area contributed by atoms with E-state index in [1.165, 1.54) is 16.4 Å². The third-order valence-corrected chi connectivity index (χ3v) is 4.23. The number of halogens is 1. The maximum atomic E-state index is 12.4. The summed E-state index contributed by atoms with van der Waals surface area (Å²) in [6, 6.07) is 7.98. The van der Waals surface area contributed by atoms with Gasteiger partial charge < -0.3 is 10.2 Å². The molecule has 4 heteroatoms. The summed E-state index contributed by atoms with van der Waals surface area (Å²) in [7, 11) is 0. The third-order valence-electron chi connectivity index (χ3n) is 3.52. The first kappa shape index (κ1) is 14.6. The van der Waals surface area contributed by atoms with Crippen molar-refractivity contribution in [2.75, 3.05) is 18.4 Å². The van der Waals surface area contributed by atoms with Gasteiger partial charge in [0.05, 0.1) is 0 Å². The summed E-state index contributed by atoms with van der Waals surface area (Å²) in [5.74, 6) is 0.223. The Kier molecular flexibility index (Phi) is 5.48. The molecule has 1 heterocycles. The zero-order valence-electron chi connectivity index (χ0n) is 11.4. The Bertz CT molecular complexity index is 411. The van der Waals surface area contributed by atoms with Gasteiger partial charge in [0.25, 0.3) is 0 Å². The molecule has 0 saturated carbocycles. The molecule has 3 nitrogen and oxygen atoms in total. The van der Waals surface area contributed by atoms with Crippen LogP contribution < -0.4 is 5.32 Å². The van der Waals surface area contributed by atoms with Crippen LogP contribution in [0.1, 0.15) is 32.6 Å². The Labute approximate surface area is 128 Å². The Morgan fingerprint density at radius 2 is 1.74 bits per heavy atom. The Hall–Kier alpha value is -0.780. The lowest BCUT2D eigenvalue weighted by Crippen LogP contribution is -2.41. The van der Waals surface area contributed by atoms with Crippen molar-refractivity contribution in [3.05, 3.63) is 27.8 Å². The molecular weight excluding hydrogens is 351 g/mol. The molecule has 1 aliphatic heterocycles. The summed E-state index contributed by atoms with van der Waals surface area (Å²) in [6.07, 6.45) is 4.79. The van der Waals surface area contributed by atoms with E-state index < -0.39 is 0 Å². The highest BCUT2D eigenvalue weighted by atomic mass is 127. The van der Waals surface area contributed by atoms with Crippen LogP contribution in [0.3, 0.4) is 0 Å². The summed E-state index contributed by atoms with van der Waals surface area (Å²) in [6.45, 7) is 3.78. The van der Waals surface area contributed by atoms with E-state index >= 15 is 0 Å². The second-order valence-electron chi connectivity index (χ2n) is 5.11. The molecule has 1 fully saturated rings. The standard InChI is InChI=1S/C15H21IN2O/c1-12(17-14-8-6-13(16)7-9-14)15(19)18-10-4-2-3-5-11-18/h6-9,12,17H,2-5,10-11H2,1H3. The topological polar surface area (TPSA) is 32.3 Å². The van der Waals surface area contributed by atoms with E-state index in [9.17, 15) is 4.79 Å². The highest BCUT2D eigenvalue weighted by molar-refractivity contribution is 14.1. The van der Waals surface area contributed by atoms with Gasteiger partial charge in [-0.05, 0) is 66.6 Å². The average Bonchev–Trinajstić information content (AvgIpc) is 2.69. The van der Waals surface area contributed by atoms with Gasteiger partial charge >= 0.3 is 0 Å². The van der Waals surface area contributed by atoms with Crippen LogP contribution in [0.2, 0.25) is 0 Å². The predicted molar refractivity (Wildman–Crippen MR) is 87.3 cm³/mol. The number of anilines is 1. The molecular formula is C15H21IN2O. The van der Waals surface area contributed by atoms with Crippen molar-refractivity contribution in [2.45, 2.75) is 38.6 Å². The van der Waals surface area contributed by atoms with Gasteiger partial charge in [-0.15, -0.1) is 0 Å². The lowest BCUT2D eigenvalue weighted by atomic mass is 10.2. The third kappa shape index (κ3) is 4.37. The van der Waals surface area contributed by atoms with Crippen LogP contribution in [0.25, 0.3) is 0 Å². The van der Waals surface area contributed by atoms with Gasteiger partial charge in [-0.25, -0.2) is 0 Å². The zero-order valence-corrected chi connectivity index (χ0v) is 13.5. The van der Waals surface area contributed by atoms with E-state index in [0.717, 1.165) is 31.6 Å². The second-order valence-corrected chi connectivity index (χ2v) is 6.36. The monoisotopic (exact) mass is 372 g/mol. The summed E-state index contributed by atoms with van der Waals surface area (Å²) in [5, 5.41) is 3.29. The van der Waals surface area contributed by atoms with Crippen molar-refractivity contribution in [1.29, 1.82) is 0 Å². The number of likely N-dealkylation sites (tertiary alicyclic amines) is 1. The Balaban J connectivity index is 1.92. The van der Waals surface area contributed by atoms with Gasteiger partial charge in [0.15, 0.2) is 0 Å². The largest absolute Gasteiger partial charge is 0.374 e. The molecule has 0 spiro atoms. The van der Waals surface area contributed by atoms with E-state index in [1.807, 2.05) is 36.1 Å². The molecule has 0 bridgehead atoms. The lowest BCUT2D eigenvalue weighted by Gasteiger charge is -2.25. The molecule has 1 saturated heterocycles. The van der Waals surface area contributed by atoms with Gasteiger partial charge in [-0.2, -0.15) is 0 Å². The Morgan fingerprint density at radius 3 is 2.32 bits per heavy atom. The molecule has 1 amide bonds. The molecule has 0 aromatic heterocycles. The fourth-order valence-electron chi connectivity index (χ4n) is 2.42. The van der Waals surface area contributed by atoms with Crippen LogP contribution in [0, 0.1) is 3.57 Å². The first-order chi connectivity index (χ1) is 9.16. The van der Waals surface area contributed by atoms with E-state index in [-0.39, 0.29) is 11.9 Å². The number of hydrogen-bond donors (Lipinski definition) is 1. The molecule has 1 aromatic rings. The maximum absolute atomic E-state index is 12.4. The van der Waals surface area contributed by atoms with Gasteiger partial charge in [0.1, 0.15) is 6.04 Å². The number of nitrogens with one attached hydrogen (secondary N) is 1. The number of amides is 1. The van der Waals surface area contributed by atoms with Crippen molar-refractivity contribution in [1.82, 2.24) is 4.90 Å². The fourth-order valence-corrected chi connectivity index (χ4v) is 2.78. The van der Waals surface area contributed by atoms with Crippen LogP contribution >= 0.6 is 22.6 Å². The highest BCUT2D eigenvalue weighted by Gasteiger charge is 2.21. The van der Waals surface area contributed by atoms with Crippen molar-refractivity contribution in [3.8, 4) is 0 Å². The molecule has 104 valence electrons. The SMILES string of the molecule is CC(Nc1ccc(I)cc1)C(=O)N1CCCCCC1. The first-order valence-corrected chi connectivity index (χ1v) is 8.05. The lowest BCUT2D eigenvalue weighted by molar-refractivity contribution is -0.131. The second kappa shape index (κ2) is 7.12. The molecule has 1 unspecified atom stereocenters. The fraction of sp³-hybridized carbons (Fsp3) is 0.533. The van der Waals surface area contributed by atoms with E-state index in [4.69, 9.17) is 0 Å². The van der Waals surface area contributed by atoms with E-state index in [0.29, 0.717) is 0 Å². The summed E-state index contributed by atoms with van der Waals surface area (Å²) in [5.41, 5.74) is 1.01. The van der Waals surface area contributed by atoms with Crippen molar-refractivity contribution >= 4 is 34.2 Å². The number of hydrogen-bond acceptors (Lipinski definition) is 2. The smallest absolute Gasteiger partial charge is 0.244 e. The number of nitrogens with zero attached hydrogens (tertiary/aromatic N) is 1. The number of rotatable bonds is 3. The molecule has 1 atom stereocenters. The molecule has 0 aliphatic carbocycles. The van der Waals surface area contributed by atoms with Crippen LogP contribution in [-0.4, -0.2) is 29.9 Å². The predicted octanol–water partition coefficient (Wildman–Crippen LogP) is 3.49. The summed E-state index contributed by atoms with van der Waals surface area (Å²) in [4.78, 5) is 14.4. The van der Waals surface area contributed by atoms with Crippen LogP contribution in [0.5, 0.6) is 0 Å². The molecule has 19 heavy (non-hydrogen) atoms. The van der Waals surface area contributed by atoms with E-state index in [2.05, 4.69) is 27.9 Å². The van der Waals surface area contributed by atoms with Gasteiger partial charge in [-0.3, -0.25) is 4.79 Å². The minimum absolute atomic E-state index is 0.154. The minimum Gasteiger partial charge on any atom is -0.374 e. The normalized spacial score (nSPS) is 17.7. The molecule has 0 radical (unpaired) electrons. The minimum atomic E-state index is -0.154. The highest BCUT2D eigenvalue weighted by Crippen LogP contribution is 2.15. The summed E-state index contributed by atoms with van der Waals surface area (Å²) < 4.78 is 1.20. The molecule has 1 N–H and O–H groups in total. The van der Waals surface area contributed by atoms with Crippen molar-refractivity contribution < 1.29 is 4.79 Å². The number of carbonyl (C=O) groups excluding carboxylic acids is 1. The van der Waals surface area contributed by atoms with Crippen LogP contribution in [0.15, 0.2) is 24.3 Å². The maximum Gasteiger partial charge on any atom is 0.244 e. The van der Waals surface area contributed by atoms with Crippen LogP contribution in [-0.2, 0) is 4.79 Å².